The van der Waals surface area contributed by atoms with Crippen LogP contribution in [-0.4, -0.2) is 15.0 Å². The summed E-state index contributed by atoms with van der Waals surface area (Å²) in [4.78, 5) is 8.58. The van der Waals surface area contributed by atoms with E-state index in [0.717, 1.165) is 10.7 Å². The van der Waals surface area contributed by atoms with Gasteiger partial charge < -0.3 is 11.1 Å². The van der Waals surface area contributed by atoms with Crippen molar-refractivity contribution in [3.05, 3.63) is 35.5 Å². The summed E-state index contributed by atoms with van der Waals surface area (Å²) in [7, 11) is 0. The van der Waals surface area contributed by atoms with Gasteiger partial charge in [0.2, 0.25) is 0 Å². The number of aromatic nitrogens is 2. The molecule has 0 saturated heterocycles. The first-order chi connectivity index (χ1) is 7.27. The quantitative estimate of drug-likeness (QED) is 0.797. The molecule has 0 aliphatic carbocycles. The third kappa shape index (κ3) is 2.28. The Kier molecular flexibility index (Phi) is 2.89. The van der Waals surface area contributed by atoms with Crippen LogP contribution in [0.15, 0.2) is 29.9 Å². The highest BCUT2D eigenvalue weighted by atomic mass is 32.1. The van der Waals surface area contributed by atoms with Crippen molar-refractivity contribution in [2.24, 2.45) is 5.73 Å². The number of anilines is 2. The lowest BCUT2D eigenvalue weighted by Crippen LogP contribution is -2.12. The number of hydrogen-bond acceptors (Lipinski definition) is 5. The zero-order chi connectivity index (χ0) is 10.7. The van der Waals surface area contributed by atoms with Gasteiger partial charge in [-0.25, -0.2) is 9.97 Å². The first kappa shape index (κ1) is 10.0. The summed E-state index contributed by atoms with van der Waals surface area (Å²) in [5.74, 6) is 0.639. The molecule has 2 aromatic rings. The molecule has 2 rings (SSSR count). The van der Waals surface area contributed by atoms with Crippen molar-refractivity contribution in [1.29, 1.82) is 0 Å². The molecular weight excluding hydrogens is 228 g/mol. The maximum atomic E-state index is 5.58. The number of hydrogen-bond donors (Lipinski definition) is 2. The fourth-order valence-electron chi connectivity index (χ4n) is 1.09. The Morgan fingerprint density at radius 2 is 2.27 bits per heavy atom. The number of thiazole rings is 1. The van der Waals surface area contributed by atoms with Crippen LogP contribution in [0.2, 0.25) is 0 Å². The number of thiocarbonyl (C=S) groups is 1. The molecule has 0 unspecified atom stereocenters. The average Bonchev–Trinajstić information content (AvgIpc) is 2.71. The highest BCUT2D eigenvalue weighted by Gasteiger charge is 2.06. The van der Waals surface area contributed by atoms with Gasteiger partial charge >= 0.3 is 0 Å². The predicted octanol–water partition coefficient (Wildman–Crippen LogP) is 1.92. The molecule has 3 N–H and O–H groups in total. The minimum Gasteiger partial charge on any atom is -0.389 e. The molecule has 0 aliphatic heterocycles. The van der Waals surface area contributed by atoms with E-state index in [0.29, 0.717) is 10.8 Å². The zero-order valence-corrected chi connectivity index (χ0v) is 9.31. The Morgan fingerprint density at radius 3 is 2.93 bits per heavy atom. The molecule has 0 saturated carbocycles. The second-order valence-corrected chi connectivity index (χ2v) is 4.06. The van der Waals surface area contributed by atoms with Crippen molar-refractivity contribution in [2.75, 3.05) is 5.32 Å². The van der Waals surface area contributed by atoms with Crippen LogP contribution in [0.5, 0.6) is 0 Å². The summed E-state index contributed by atoms with van der Waals surface area (Å²) in [6, 6.07) is 3.62. The Bertz CT molecular complexity index is 467. The lowest BCUT2D eigenvalue weighted by atomic mass is 10.2. The first-order valence-electron chi connectivity index (χ1n) is 4.18. The van der Waals surface area contributed by atoms with E-state index in [2.05, 4.69) is 15.3 Å². The Balaban J connectivity index is 2.32. The number of rotatable bonds is 3. The van der Waals surface area contributed by atoms with Crippen molar-refractivity contribution < 1.29 is 0 Å². The van der Waals surface area contributed by atoms with Crippen molar-refractivity contribution >= 4 is 39.5 Å². The van der Waals surface area contributed by atoms with Crippen LogP contribution in [0.4, 0.5) is 10.9 Å². The van der Waals surface area contributed by atoms with E-state index in [1.54, 1.807) is 18.5 Å². The lowest BCUT2D eigenvalue weighted by Gasteiger charge is -2.06. The molecule has 15 heavy (non-hydrogen) atoms. The van der Waals surface area contributed by atoms with E-state index in [-0.39, 0.29) is 0 Å². The van der Waals surface area contributed by atoms with Crippen LogP contribution >= 0.6 is 23.6 Å². The molecule has 2 aromatic heterocycles. The van der Waals surface area contributed by atoms with Gasteiger partial charge in [-0.1, -0.05) is 12.2 Å². The minimum atomic E-state index is 0.321. The van der Waals surface area contributed by atoms with Gasteiger partial charge in [-0.15, -0.1) is 11.3 Å². The molecule has 0 fully saturated rings. The van der Waals surface area contributed by atoms with Crippen LogP contribution < -0.4 is 11.1 Å². The standard InChI is InChI=1S/C9H8N4S2/c10-7(14)6-2-1-3-11-8(6)13-9-12-4-5-15-9/h1-5H,(H2,10,14)(H,11,12,13). The highest BCUT2D eigenvalue weighted by Crippen LogP contribution is 2.19. The highest BCUT2D eigenvalue weighted by molar-refractivity contribution is 7.80. The van der Waals surface area contributed by atoms with Gasteiger partial charge in [0.1, 0.15) is 10.8 Å². The van der Waals surface area contributed by atoms with Crippen LogP contribution in [0, 0.1) is 0 Å². The van der Waals surface area contributed by atoms with E-state index in [4.69, 9.17) is 18.0 Å². The van der Waals surface area contributed by atoms with Crippen LogP contribution in [0.1, 0.15) is 5.56 Å². The summed E-state index contributed by atoms with van der Waals surface area (Å²) in [6.45, 7) is 0. The summed E-state index contributed by atoms with van der Waals surface area (Å²) >= 11 is 6.42. The number of nitrogens with one attached hydrogen (secondary N) is 1. The van der Waals surface area contributed by atoms with Crippen LogP contribution in [0.25, 0.3) is 0 Å². The molecular formula is C9H8N4S2. The van der Waals surface area contributed by atoms with Crippen molar-refractivity contribution in [3.63, 3.8) is 0 Å². The third-order valence-electron chi connectivity index (χ3n) is 1.73. The van der Waals surface area contributed by atoms with Crippen molar-refractivity contribution in [1.82, 2.24) is 9.97 Å². The van der Waals surface area contributed by atoms with Gasteiger partial charge in [-0.05, 0) is 12.1 Å². The largest absolute Gasteiger partial charge is 0.389 e. The molecule has 0 aliphatic rings. The minimum absolute atomic E-state index is 0.321. The summed E-state index contributed by atoms with van der Waals surface area (Å²) in [5.41, 5.74) is 6.30. The molecule has 0 amide bonds. The second-order valence-electron chi connectivity index (χ2n) is 2.73. The molecule has 76 valence electrons. The SMILES string of the molecule is NC(=S)c1cccnc1Nc1nccs1. The van der Waals surface area contributed by atoms with Gasteiger partial charge in [0, 0.05) is 17.8 Å². The maximum Gasteiger partial charge on any atom is 0.188 e. The van der Waals surface area contributed by atoms with Gasteiger partial charge in [-0.3, -0.25) is 0 Å². The zero-order valence-electron chi connectivity index (χ0n) is 7.68. The molecule has 2 heterocycles. The van der Waals surface area contributed by atoms with E-state index < -0.39 is 0 Å². The van der Waals surface area contributed by atoms with E-state index in [1.165, 1.54) is 11.3 Å². The molecule has 0 radical (unpaired) electrons. The molecule has 0 spiro atoms. The molecule has 0 aromatic carbocycles. The van der Waals surface area contributed by atoms with E-state index in [9.17, 15) is 0 Å². The molecule has 6 heteroatoms. The Labute approximate surface area is 96.2 Å². The lowest BCUT2D eigenvalue weighted by molar-refractivity contribution is 1.28. The normalized spacial score (nSPS) is 9.87. The Morgan fingerprint density at radius 1 is 1.40 bits per heavy atom. The van der Waals surface area contributed by atoms with Crippen LogP contribution in [0.3, 0.4) is 0 Å². The first-order valence-corrected chi connectivity index (χ1v) is 5.47. The van der Waals surface area contributed by atoms with Crippen molar-refractivity contribution in [2.45, 2.75) is 0 Å². The number of nitrogens with two attached hydrogens (primary N) is 1. The summed E-state index contributed by atoms with van der Waals surface area (Å²) in [5, 5.41) is 5.71. The van der Waals surface area contributed by atoms with Crippen LogP contribution in [-0.2, 0) is 0 Å². The van der Waals surface area contributed by atoms with Gasteiger partial charge in [0.05, 0.1) is 5.56 Å². The Hall–Kier alpha value is -1.53. The maximum absolute atomic E-state index is 5.58. The van der Waals surface area contributed by atoms with Gasteiger partial charge in [-0.2, -0.15) is 0 Å². The van der Waals surface area contributed by atoms with Crippen molar-refractivity contribution in [3.8, 4) is 0 Å². The molecule has 0 bridgehead atoms. The van der Waals surface area contributed by atoms with Gasteiger partial charge in [0.25, 0.3) is 0 Å². The number of nitrogens with zero attached hydrogens (tertiary/aromatic N) is 2. The topological polar surface area (TPSA) is 63.8 Å². The second kappa shape index (κ2) is 4.33. The monoisotopic (exact) mass is 236 g/mol. The molecule has 4 nitrogen and oxygen atoms in total. The third-order valence-corrected chi connectivity index (χ3v) is 2.64. The number of pyridine rings is 1. The fourth-order valence-corrected chi connectivity index (χ4v) is 1.78. The fraction of sp³-hybridized carbons (Fsp3) is 0. The smallest absolute Gasteiger partial charge is 0.188 e. The predicted molar refractivity (Wildman–Crippen MR) is 65.5 cm³/mol. The molecule has 0 atom stereocenters. The van der Waals surface area contributed by atoms with E-state index >= 15 is 0 Å². The average molecular weight is 236 g/mol. The van der Waals surface area contributed by atoms with E-state index in [1.807, 2.05) is 11.4 Å². The van der Waals surface area contributed by atoms with Gasteiger partial charge in [0.15, 0.2) is 5.13 Å². The summed E-state index contributed by atoms with van der Waals surface area (Å²) in [6.07, 6.45) is 3.40. The summed E-state index contributed by atoms with van der Waals surface area (Å²) < 4.78 is 0.